The molecule has 2 rings (SSSR count). The van der Waals surface area contributed by atoms with Crippen LogP contribution in [-0.4, -0.2) is 41.6 Å². The third-order valence-corrected chi connectivity index (χ3v) is 2.62. The number of aromatic amines is 1. The Morgan fingerprint density at radius 3 is 3.00 bits per heavy atom. The number of rotatable bonds is 5. The number of aliphatic hydroxyl groups is 2. The lowest BCUT2D eigenvalue weighted by Crippen LogP contribution is -2.22. The van der Waals surface area contributed by atoms with Gasteiger partial charge in [0.1, 0.15) is 5.75 Å². The van der Waals surface area contributed by atoms with Crippen LogP contribution in [-0.2, 0) is 0 Å². The molecule has 5 nitrogen and oxygen atoms in total. The summed E-state index contributed by atoms with van der Waals surface area (Å²) in [7, 11) is 1.61. The molecule has 17 heavy (non-hydrogen) atoms. The molecule has 0 amide bonds. The molecule has 0 fully saturated rings. The molecule has 5 heteroatoms. The average Bonchev–Trinajstić information content (AvgIpc) is 2.83. The molecule has 1 aromatic carbocycles. The van der Waals surface area contributed by atoms with Crippen molar-refractivity contribution in [1.82, 2.24) is 4.98 Å². The molecule has 0 spiro atoms. The monoisotopic (exact) mass is 236 g/mol. The van der Waals surface area contributed by atoms with Crippen molar-refractivity contribution in [3.8, 4) is 5.75 Å². The van der Waals surface area contributed by atoms with Crippen LogP contribution in [0.25, 0.3) is 10.9 Å². The van der Waals surface area contributed by atoms with Crippen molar-refractivity contribution >= 4 is 16.6 Å². The smallest absolute Gasteiger partial charge is 0.123 e. The van der Waals surface area contributed by atoms with Crippen LogP contribution in [0, 0.1) is 0 Å². The highest BCUT2D eigenvalue weighted by Crippen LogP contribution is 2.28. The van der Waals surface area contributed by atoms with E-state index in [0.717, 1.165) is 22.3 Å². The molecule has 92 valence electrons. The van der Waals surface area contributed by atoms with E-state index < -0.39 is 6.10 Å². The molecule has 0 saturated carbocycles. The molecule has 4 N–H and O–H groups in total. The Hall–Kier alpha value is -1.72. The van der Waals surface area contributed by atoms with E-state index >= 15 is 0 Å². The number of hydrogen-bond acceptors (Lipinski definition) is 4. The topological polar surface area (TPSA) is 77.5 Å². The lowest BCUT2D eigenvalue weighted by molar-refractivity contribution is 0.105. The number of nitrogens with one attached hydrogen (secondary N) is 2. The van der Waals surface area contributed by atoms with E-state index in [0.29, 0.717) is 6.54 Å². The zero-order valence-electron chi connectivity index (χ0n) is 9.60. The van der Waals surface area contributed by atoms with Crippen molar-refractivity contribution in [2.75, 3.05) is 25.6 Å². The van der Waals surface area contributed by atoms with E-state index in [9.17, 15) is 5.11 Å². The van der Waals surface area contributed by atoms with Gasteiger partial charge < -0.3 is 25.3 Å². The molecule has 0 bridgehead atoms. The van der Waals surface area contributed by atoms with Gasteiger partial charge in [-0.15, -0.1) is 0 Å². The van der Waals surface area contributed by atoms with Gasteiger partial charge in [-0.3, -0.25) is 0 Å². The van der Waals surface area contributed by atoms with Crippen LogP contribution < -0.4 is 10.1 Å². The van der Waals surface area contributed by atoms with Gasteiger partial charge >= 0.3 is 0 Å². The summed E-state index contributed by atoms with van der Waals surface area (Å²) in [4.78, 5) is 3.10. The number of H-pyrrole nitrogens is 1. The van der Waals surface area contributed by atoms with Crippen LogP contribution in [0.4, 0.5) is 5.69 Å². The molecule has 1 heterocycles. The third kappa shape index (κ3) is 2.51. The number of aromatic nitrogens is 1. The molecule has 1 atom stereocenters. The highest BCUT2D eigenvalue weighted by molar-refractivity contribution is 5.93. The highest BCUT2D eigenvalue weighted by atomic mass is 16.5. The fourth-order valence-corrected chi connectivity index (χ4v) is 1.70. The second-order valence-electron chi connectivity index (χ2n) is 3.83. The first-order valence-electron chi connectivity index (χ1n) is 5.42. The Labute approximate surface area is 99.0 Å². The SMILES string of the molecule is COc1cc(NCC(O)CO)c2cc[nH]c2c1. The lowest BCUT2D eigenvalue weighted by atomic mass is 10.2. The predicted octanol–water partition coefficient (Wildman–Crippen LogP) is 0.942. The summed E-state index contributed by atoms with van der Waals surface area (Å²) in [5.41, 5.74) is 1.83. The zero-order valence-corrected chi connectivity index (χ0v) is 9.60. The van der Waals surface area contributed by atoms with E-state index in [1.54, 1.807) is 7.11 Å². The maximum atomic E-state index is 9.32. The van der Waals surface area contributed by atoms with Crippen molar-refractivity contribution in [2.45, 2.75) is 6.10 Å². The van der Waals surface area contributed by atoms with Crippen molar-refractivity contribution in [2.24, 2.45) is 0 Å². The number of fused-ring (bicyclic) bond motifs is 1. The maximum absolute atomic E-state index is 9.32. The lowest BCUT2D eigenvalue weighted by Gasteiger charge is -2.12. The Balaban J connectivity index is 2.27. The first kappa shape index (κ1) is 11.8. The Morgan fingerprint density at radius 2 is 2.29 bits per heavy atom. The summed E-state index contributed by atoms with van der Waals surface area (Å²) >= 11 is 0. The second-order valence-corrected chi connectivity index (χ2v) is 3.83. The minimum absolute atomic E-state index is 0.257. The van der Waals surface area contributed by atoms with Gasteiger partial charge in [0.15, 0.2) is 0 Å². The summed E-state index contributed by atoms with van der Waals surface area (Å²) in [5, 5.41) is 22.2. The summed E-state index contributed by atoms with van der Waals surface area (Å²) in [5.74, 6) is 0.737. The molecule has 0 saturated heterocycles. The minimum atomic E-state index is -0.768. The van der Waals surface area contributed by atoms with Crippen molar-refractivity contribution in [3.63, 3.8) is 0 Å². The largest absolute Gasteiger partial charge is 0.497 e. The quantitative estimate of drug-likeness (QED) is 0.623. The van der Waals surface area contributed by atoms with Crippen LogP contribution >= 0.6 is 0 Å². The van der Waals surface area contributed by atoms with Crippen molar-refractivity contribution in [3.05, 3.63) is 24.4 Å². The summed E-state index contributed by atoms with van der Waals surface area (Å²) in [6.07, 6.45) is 1.08. The van der Waals surface area contributed by atoms with Crippen LogP contribution in [0.2, 0.25) is 0 Å². The summed E-state index contributed by atoms with van der Waals surface area (Å²) in [6.45, 7) is 0.0389. The Kier molecular flexibility index (Phi) is 3.51. The van der Waals surface area contributed by atoms with Gasteiger partial charge in [0.2, 0.25) is 0 Å². The Bertz CT molecular complexity index is 495. The molecule has 0 aliphatic carbocycles. The van der Waals surface area contributed by atoms with E-state index in [2.05, 4.69) is 10.3 Å². The van der Waals surface area contributed by atoms with E-state index in [1.807, 2.05) is 24.4 Å². The van der Waals surface area contributed by atoms with Crippen LogP contribution in [0.15, 0.2) is 24.4 Å². The first-order valence-corrected chi connectivity index (χ1v) is 5.42. The number of anilines is 1. The normalized spacial score (nSPS) is 12.6. The first-order chi connectivity index (χ1) is 8.24. The van der Waals surface area contributed by atoms with Crippen molar-refractivity contribution < 1.29 is 14.9 Å². The van der Waals surface area contributed by atoms with Crippen LogP contribution in [0.5, 0.6) is 5.75 Å². The summed E-state index contributed by atoms with van der Waals surface area (Å²) < 4.78 is 5.19. The van der Waals surface area contributed by atoms with Gasteiger partial charge in [-0.05, 0) is 6.07 Å². The molecule has 0 aliphatic heterocycles. The molecule has 0 aliphatic rings. The fraction of sp³-hybridized carbons (Fsp3) is 0.333. The zero-order chi connectivity index (χ0) is 12.3. The molecule has 1 aromatic heterocycles. The second kappa shape index (κ2) is 5.07. The van der Waals surface area contributed by atoms with Gasteiger partial charge in [-0.2, -0.15) is 0 Å². The van der Waals surface area contributed by atoms with Crippen molar-refractivity contribution in [1.29, 1.82) is 0 Å². The molecule has 0 radical (unpaired) electrons. The number of hydrogen-bond donors (Lipinski definition) is 4. The molecular weight excluding hydrogens is 220 g/mol. The van der Waals surface area contributed by atoms with Gasteiger partial charge in [0.25, 0.3) is 0 Å². The molecular formula is C12H16N2O3. The van der Waals surface area contributed by atoms with Crippen LogP contribution in [0.3, 0.4) is 0 Å². The maximum Gasteiger partial charge on any atom is 0.123 e. The van der Waals surface area contributed by atoms with E-state index in [1.165, 1.54) is 0 Å². The minimum Gasteiger partial charge on any atom is -0.497 e. The third-order valence-electron chi connectivity index (χ3n) is 2.62. The van der Waals surface area contributed by atoms with Gasteiger partial charge in [-0.25, -0.2) is 0 Å². The molecule has 1 unspecified atom stereocenters. The number of ether oxygens (including phenoxy) is 1. The number of aliphatic hydroxyl groups excluding tert-OH is 2. The van der Waals surface area contributed by atoms with Crippen LogP contribution in [0.1, 0.15) is 0 Å². The van der Waals surface area contributed by atoms with E-state index in [-0.39, 0.29) is 6.61 Å². The summed E-state index contributed by atoms with van der Waals surface area (Å²) in [6, 6.07) is 5.71. The standard InChI is InChI=1S/C12H16N2O3/c1-17-9-4-11-10(2-3-13-11)12(5-9)14-6-8(16)7-15/h2-5,8,13-16H,6-7H2,1H3. The Morgan fingerprint density at radius 1 is 1.47 bits per heavy atom. The fourth-order valence-electron chi connectivity index (χ4n) is 1.70. The number of benzene rings is 1. The average molecular weight is 236 g/mol. The van der Waals surface area contributed by atoms with Gasteiger partial charge in [-0.1, -0.05) is 0 Å². The van der Waals surface area contributed by atoms with Gasteiger partial charge in [0, 0.05) is 35.9 Å². The predicted molar refractivity (Wildman–Crippen MR) is 66.4 cm³/mol. The van der Waals surface area contributed by atoms with Gasteiger partial charge in [0.05, 0.1) is 25.3 Å². The van der Waals surface area contributed by atoms with E-state index in [4.69, 9.17) is 9.84 Å². The highest BCUT2D eigenvalue weighted by Gasteiger charge is 2.07. The molecule has 2 aromatic rings. The number of methoxy groups -OCH3 is 1.